The number of nitrogens with one attached hydrogen (secondary N) is 1. The Bertz CT molecular complexity index is 408. The van der Waals surface area contributed by atoms with Crippen molar-refractivity contribution in [2.45, 2.75) is 46.0 Å². The first-order chi connectivity index (χ1) is 8.49. The molecule has 3 N–H and O–H groups in total. The summed E-state index contributed by atoms with van der Waals surface area (Å²) < 4.78 is 1.88. The highest BCUT2D eigenvalue weighted by molar-refractivity contribution is 5.65. The summed E-state index contributed by atoms with van der Waals surface area (Å²) in [6, 6.07) is 0. The molecule has 2 atom stereocenters. The minimum absolute atomic E-state index is 0.373. The Hall–Kier alpha value is -1.19. The molecule has 1 aromatic rings. The minimum atomic E-state index is 0.373. The minimum Gasteiger partial charge on any atom is -0.394 e. The molecule has 1 heterocycles. The van der Waals surface area contributed by atoms with E-state index < -0.39 is 0 Å². The molecule has 0 amide bonds. The first-order valence-corrected chi connectivity index (χ1v) is 7.05. The number of hydrogen-bond donors (Lipinski definition) is 2. The van der Waals surface area contributed by atoms with E-state index in [1.807, 2.05) is 11.7 Å². The largest absolute Gasteiger partial charge is 0.394 e. The van der Waals surface area contributed by atoms with Gasteiger partial charge in [-0.05, 0) is 30.6 Å². The summed E-state index contributed by atoms with van der Waals surface area (Å²) in [5.41, 5.74) is 7.99. The summed E-state index contributed by atoms with van der Waals surface area (Å²) in [4.78, 5) is 0. The average Bonchev–Trinajstić information content (AvgIpc) is 2.82. The molecule has 0 aromatic carbocycles. The van der Waals surface area contributed by atoms with Crippen LogP contribution in [-0.4, -0.2) is 16.3 Å². The maximum atomic E-state index is 6.17. The second-order valence-corrected chi connectivity index (χ2v) is 6.09. The lowest BCUT2D eigenvalue weighted by Crippen LogP contribution is -2.14. The lowest BCUT2D eigenvalue weighted by molar-refractivity contribution is 0.535. The van der Waals surface area contributed by atoms with Gasteiger partial charge in [0.2, 0.25) is 0 Å². The van der Waals surface area contributed by atoms with Crippen LogP contribution in [0.1, 0.15) is 51.6 Å². The van der Waals surface area contributed by atoms with Gasteiger partial charge in [0.1, 0.15) is 5.82 Å². The fourth-order valence-electron chi connectivity index (χ4n) is 2.95. The zero-order valence-electron chi connectivity index (χ0n) is 12.0. The number of aromatic nitrogens is 2. The molecule has 1 aliphatic rings. The second-order valence-electron chi connectivity index (χ2n) is 6.09. The van der Waals surface area contributed by atoms with E-state index >= 15 is 0 Å². The third kappa shape index (κ3) is 2.62. The number of nitrogens with two attached hydrogens (primary N) is 1. The van der Waals surface area contributed by atoms with E-state index in [-0.39, 0.29) is 0 Å². The molecule has 18 heavy (non-hydrogen) atoms. The van der Waals surface area contributed by atoms with Crippen LogP contribution in [0.5, 0.6) is 0 Å². The molecule has 1 aromatic heterocycles. The SMILES string of the molecule is CC1CCC(CNc2c(N)c(C(C)C)nn2C)C1. The Morgan fingerprint density at radius 3 is 2.67 bits per heavy atom. The maximum Gasteiger partial charge on any atom is 0.147 e. The second kappa shape index (κ2) is 5.21. The monoisotopic (exact) mass is 250 g/mol. The van der Waals surface area contributed by atoms with Crippen LogP contribution < -0.4 is 11.1 Å². The molecule has 0 radical (unpaired) electrons. The molecule has 4 nitrogen and oxygen atoms in total. The fraction of sp³-hybridized carbons (Fsp3) is 0.786. The van der Waals surface area contributed by atoms with Crippen LogP contribution in [0.3, 0.4) is 0 Å². The maximum absolute atomic E-state index is 6.17. The zero-order chi connectivity index (χ0) is 13.3. The van der Waals surface area contributed by atoms with Crippen molar-refractivity contribution in [3.8, 4) is 0 Å². The van der Waals surface area contributed by atoms with Gasteiger partial charge in [0.15, 0.2) is 0 Å². The molecule has 1 fully saturated rings. The molecular formula is C14H26N4. The Morgan fingerprint density at radius 2 is 2.17 bits per heavy atom. The predicted molar refractivity (Wildman–Crippen MR) is 76.7 cm³/mol. The number of nitrogen functional groups attached to an aromatic ring is 1. The first-order valence-electron chi connectivity index (χ1n) is 7.05. The lowest BCUT2D eigenvalue weighted by atomic mass is 10.1. The van der Waals surface area contributed by atoms with Gasteiger partial charge in [0.25, 0.3) is 0 Å². The van der Waals surface area contributed by atoms with E-state index in [4.69, 9.17) is 5.73 Å². The van der Waals surface area contributed by atoms with E-state index in [1.54, 1.807) is 0 Å². The standard InChI is InChI=1S/C14H26N4/c1-9(2)13-12(15)14(18(4)17-13)16-8-11-6-5-10(3)7-11/h9-11,16H,5-8,15H2,1-4H3. The molecular weight excluding hydrogens is 224 g/mol. The van der Waals surface area contributed by atoms with Gasteiger partial charge in [-0.2, -0.15) is 5.10 Å². The van der Waals surface area contributed by atoms with Crippen LogP contribution in [0.25, 0.3) is 0 Å². The van der Waals surface area contributed by atoms with Gasteiger partial charge < -0.3 is 11.1 Å². The van der Waals surface area contributed by atoms with Crippen molar-refractivity contribution < 1.29 is 0 Å². The Kier molecular flexibility index (Phi) is 3.83. The number of anilines is 2. The molecule has 1 aliphatic carbocycles. The van der Waals surface area contributed by atoms with Crippen molar-refractivity contribution in [3.05, 3.63) is 5.69 Å². The van der Waals surface area contributed by atoms with E-state index in [9.17, 15) is 0 Å². The number of hydrogen-bond acceptors (Lipinski definition) is 3. The molecule has 0 saturated heterocycles. The number of aryl methyl sites for hydroxylation is 1. The first kappa shape index (κ1) is 13.2. The zero-order valence-corrected chi connectivity index (χ0v) is 12.0. The quantitative estimate of drug-likeness (QED) is 0.863. The van der Waals surface area contributed by atoms with Crippen molar-refractivity contribution in [2.75, 3.05) is 17.6 Å². The third-order valence-corrected chi connectivity index (χ3v) is 4.02. The average molecular weight is 250 g/mol. The Balaban J connectivity index is 2.01. The van der Waals surface area contributed by atoms with Gasteiger partial charge >= 0.3 is 0 Å². The van der Waals surface area contributed by atoms with E-state index in [1.165, 1.54) is 19.3 Å². The molecule has 0 aliphatic heterocycles. The van der Waals surface area contributed by atoms with Crippen molar-refractivity contribution in [1.82, 2.24) is 9.78 Å². The Labute approximate surface area is 110 Å². The molecule has 2 unspecified atom stereocenters. The highest BCUT2D eigenvalue weighted by Crippen LogP contribution is 2.32. The van der Waals surface area contributed by atoms with Crippen LogP contribution >= 0.6 is 0 Å². The van der Waals surface area contributed by atoms with Crippen LogP contribution in [-0.2, 0) is 7.05 Å². The predicted octanol–water partition coefficient (Wildman–Crippen LogP) is 2.97. The fourth-order valence-corrected chi connectivity index (χ4v) is 2.95. The molecule has 102 valence electrons. The van der Waals surface area contributed by atoms with Crippen LogP contribution in [0.4, 0.5) is 11.5 Å². The van der Waals surface area contributed by atoms with Gasteiger partial charge in [-0.15, -0.1) is 0 Å². The van der Waals surface area contributed by atoms with Crippen molar-refractivity contribution >= 4 is 11.5 Å². The van der Waals surface area contributed by atoms with Gasteiger partial charge in [-0.25, -0.2) is 0 Å². The van der Waals surface area contributed by atoms with Crippen molar-refractivity contribution in [2.24, 2.45) is 18.9 Å². The van der Waals surface area contributed by atoms with Crippen LogP contribution in [0, 0.1) is 11.8 Å². The molecule has 0 spiro atoms. The van der Waals surface area contributed by atoms with E-state index in [0.29, 0.717) is 5.92 Å². The molecule has 4 heteroatoms. The number of nitrogens with zero attached hydrogens (tertiary/aromatic N) is 2. The lowest BCUT2D eigenvalue weighted by Gasteiger charge is -2.13. The van der Waals surface area contributed by atoms with Crippen LogP contribution in [0.15, 0.2) is 0 Å². The van der Waals surface area contributed by atoms with Gasteiger partial charge in [0, 0.05) is 13.6 Å². The summed E-state index contributed by atoms with van der Waals surface area (Å²) in [5.74, 6) is 3.03. The highest BCUT2D eigenvalue weighted by atomic mass is 15.3. The molecule has 0 bridgehead atoms. The van der Waals surface area contributed by atoms with Gasteiger partial charge in [0.05, 0.1) is 11.4 Å². The highest BCUT2D eigenvalue weighted by Gasteiger charge is 2.22. The van der Waals surface area contributed by atoms with Crippen molar-refractivity contribution in [1.29, 1.82) is 0 Å². The topological polar surface area (TPSA) is 55.9 Å². The summed E-state index contributed by atoms with van der Waals surface area (Å²) in [6.45, 7) is 7.61. The normalized spacial score (nSPS) is 23.8. The summed E-state index contributed by atoms with van der Waals surface area (Å²) >= 11 is 0. The third-order valence-electron chi connectivity index (χ3n) is 4.02. The van der Waals surface area contributed by atoms with Gasteiger partial charge in [-0.3, -0.25) is 4.68 Å². The molecule has 2 rings (SSSR count). The summed E-state index contributed by atoms with van der Waals surface area (Å²) in [5, 5.41) is 7.99. The summed E-state index contributed by atoms with van der Waals surface area (Å²) in [7, 11) is 1.96. The smallest absolute Gasteiger partial charge is 0.147 e. The van der Waals surface area contributed by atoms with Crippen molar-refractivity contribution in [3.63, 3.8) is 0 Å². The van der Waals surface area contributed by atoms with E-state index in [0.717, 1.165) is 35.6 Å². The Morgan fingerprint density at radius 1 is 1.44 bits per heavy atom. The van der Waals surface area contributed by atoms with Gasteiger partial charge in [-0.1, -0.05) is 27.2 Å². The van der Waals surface area contributed by atoms with E-state index in [2.05, 4.69) is 31.2 Å². The summed E-state index contributed by atoms with van der Waals surface area (Å²) in [6.07, 6.45) is 4.04. The number of rotatable bonds is 4. The molecule has 1 saturated carbocycles. The van der Waals surface area contributed by atoms with Crippen LogP contribution in [0.2, 0.25) is 0 Å².